The van der Waals surface area contributed by atoms with Crippen molar-refractivity contribution in [3.8, 4) is 0 Å². The highest BCUT2D eigenvalue weighted by Gasteiger charge is 2.06. The third kappa shape index (κ3) is 2.84. The maximum absolute atomic E-state index is 11.7. The van der Waals surface area contributed by atoms with Crippen LogP contribution in [0.5, 0.6) is 0 Å². The van der Waals surface area contributed by atoms with Crippen molar-refractivity contribution in [2.45, 2.75) is 6.42 Å². The summed E-state index contributed by atoms with van der Waals surface area (Å²) in [5.41, 5.74) is 0.846. The van der Waals surface area contributed by atoms with Gasteiger partial charge < -0.3 is 9.88 Å². The second-order valence-corrected chi connectivity index (χ2v) is 4.68. The highest BCUT2D eigenvalue weighted by atomic mass is 16.1. The third-order valence-electron chi connectivity index (χ3n) is 2.73. The van der Waals surface area contributed by atoms with E-state index in [0.29, 0.717) is 18.4 Å². The Bertz CT molecular complexity index is 629. The summed E-state index contributed by atoms with van der Waals surface area (Å²) in [6, 6.07) is 7.35. The number of Topliss-reactive ketones (excluding diaryl/α,β-unsaturated/α-hetero) is 1. The van der Waals surface area contributed by atoms with Crippen LogP contribution in [0.4, 0.5) is 0 Å². The largest absolute Gasteiger partial charge is 0.329 e. The molecule has 0 fully saturated rings. The van der Waals surface area contributed by atoms with E-state index in [2.05, 4.69) is 4.98 Å². The van der Waals surface area contributed by atoms with E-state index in [-0.39, 0.29) is 11.3 Å². The Balaban J connectivity index is 2.26. The molecule has 1 aromatic heterocycles. The van der Waals surface area contributed by atoms with Crippen LogP contribution in [0.2, 0.25) is 0 Å². The van der Waals surface area contributed by atoms with Gasteiger partial charge in [-0.15, -0.1) is 0 Å². The third-order valence-corrected chi connectivity index (χ3v) is 2.73. The van der Waals surface area contributed by atoms with Gasteiger partial charge in [-0.3, -0.25) is 9.59 Å². The molecule has 0 unspecified atom stereocenters. The van der Waals surface area contributed by atoms with Crippen molar-refractivity contribution < 1.29 is 4.79 Å². The van der Waals surface area contributed by atoms with Crippen LogP contribution in [0.15, 0.2) is 35.3 Å². The second-order valence-electron chi connectivity index (χ2n) is 4.68. The van der Waals surface area contributed by atoms with Crippen molar-refractivity contribution in [2.24, 2.45) is 0 Å². The molecule has 0 radical (unpaired) electrons. The van der Waals surface area contributed by atoms with Gasteiger partial charge in [0.2, 0.25) is 0 Å². The molecule has 0 atom stereocenters. The summed E-state index contributed by atoms with van der Waals surface area (Å²) in [5, 5.41) is 1.52. The molecular weight excluding hydrogens is 228 g/mol. The maximum Gasteiger partial charge on any atom is 0.255 e. The number of rotatable bonds is 4. The number of nitrogens with one attached hydrogen (secondary N) is 1. The van der Waals surface area contributed by atoms with Crippen LogP contribution < -0.4 is 5.56 Å². The molecule has 0 saturated carbocycles. The zero-order valence-electron chi connectivity index (χ0n) is 10.6. The highest BCUT2D eigenvalue weighted by Crippen LogP contribution is 2.12. The van der Waals surface area contributed by atoms with E-state index in [1.807, 2.05) is 37.2 Å². The minimum atomic E-state index is -0.0985. The van der Waals surface area contributed by atoms with Crippen LogP contribution >= 0.6 is 0 Å². The molecule has 4 heteroatoms. The van der Waals surface area contributed by atoms with Crippen molar-refractivity contribution in [1.82, 2.24) is 9.88 Å². The zero-order valence-corrected chi connectivity index (χ0v) is 10.6. The number of fused-ring (bicyclic) bond motifs is 1. The van der Waals surface area contributed by atoms with Gasteiger partial charge in [0.1, 0.15) is 0 Å². The molecule has 0 saturated heterocycles. The number of benzene rings is 1. The van der Waals surface area contributed by atoms with Crippen LogP contribution in [0, 0.1) is 0 Å². The normalized spacial score (nSPS) is 11.1. The van der Waals surface area contributed by atoms with Gasteiger partial charge in [-0.2, -0.15) is 0 Å². The minimum Gasteiger partial charge on any atom is -0.329 e. The van der Waals surface area contributed by atoms with Crippen molar-refractivity contribution in [2.75, 3.05) is 20.6 Å². The lowest BCUT2D eigenvalue weighted by Crippen LogP contribution is -2.22. The van der Waals surface area contributed by atoms with Crippen LogP contribution in [-0.4, -0.2) is 36.3 Å². The SMILES string of the molecule is CN(C)CC(=O)Cc1ccc2c(=O)[nH]ccc2c1. The number of H-pyrrole nitrogens is 1. The number of pyridine rings is 1. The Labute approximate surface area is 105 Å². The number of nitrogens with zero attached hydrogens (tertiary/aromatic N) is 1. The summed E-state index contributed by atoms with van der Waals surface area (Å²) in [6.07, 6.45) is 2.02. The molecule has 2 rings (SSSR count). The Morgan fingerprint density at radius 3 is 2.78 bits per heavy atom. The minimum absolute atomic E-state index is 0.0985. The standard InChI is InChI=1S/C14H16N2O2/c1-16(2)9-12(17)8-10-3-4-13-11(7-10)5-6-15-14(13)18/h3-7H,8-9H2,1-2H3,(H,15,18). The molecule has 0 amide bonds. The molecule has 94 valence electrons. The maximum atomic E-state index is 11.7. The van der Waals surface area contributed by atoms with Gasteiger partial charge >= 0.3 is 0 Å². The first kappa shape index (κ1) is 12.5. The van der Waals surface area contributed by atoms with Gasteiger partial charge in [0.25, 0.3) is 5.56 Å². The molecule has 0 spiro atoms. The Hall–Kier alpha value is -1.94. The van der Waals surface area contributed by atoms with Crippen LogP contribution in [0.1, 0.15) is 5.56 Å². The van der Waals surface area contributed by atoms with E-state index in [4.69, 9.17) is 0 Å². The van der Waals surface area contributed by atoms with Crippen LogP contribution in [-0.2, 0) is 11.2 Å². The summed E-state index contributed by atoms with van der Waals surface area (Å²) in [5.74, 6) is 0.171. The summed E-state index contributed by atoms with van der Waals surface area (Å²) < 4.78 is 0. The van der Waals surface area contributed by atoms with E-state index in [1.54, 1.807) is 12.3 Å². The van der Waals surface area contributed by atoms with E-state index in [9.17, 15) is 9.59 Å². The number of hydrogen-bond acceptors (Lipinski definition) is 3. The summed E-state index contributed by atoms with van der Waals surface area (Å²) in [4.78, 5) is 27.7. The number of hydrogen-bond donors (Lipinski definition) is 1. The molecule has 0 bridgehead atoms. The summed E-state index contributed by atoms with van der Waals surface area (Å²) >= 11 is 0. The van der Waals surface area contributed by atoms with Crippen molar-refractivity contribution in [3.63, 3.8) is 0 Å². The topological polar surface area (TPSA) is 53.2 Å². The lowest BCUT2D eigenvalue weighted by Gasteiger charge is -2.08. The molecule has 2 aromatic rings. The van der Waals surface area contributed by atoms with Crippen LogP contribution in [0.25, 0.3) is 10.8 Å². The molecule has 0 aliphatic rings. The summed E-state index contributed by atoms with van der Waals surface area (Å²) in [6.45, 7) is 0.438. The van der Waals surface area contributed by atoms with E-state index in [1.165, 1.54) is 0 Å². The van der Waals surface area contributed by atoms with E-state index < -0.39 is 0 Å². The average molecular weight is 244 g/mol. The molecule has 0 aliphatic heterocycles. The lowest BCUT2D eigenvalue weighted by molar-refractivity contribution is -0.119. The molecule has 1 N–H and O–H groups in total. The van der Waals surface area contributed by atoms with Gasteiger partial charge in [0, 0.05) is 18.0 Å². The summed E-state index contributed by atoms with van der Waals surface area (Å²) in [7, 11) is 3.75. The number of aromatic nitrogens is 1. The number of aromatic amines is 1. The molecule has 0 aliphatic carbocycles. The zero-order chi connectivity index (χ0) is 13.1. The van der Waals surface area contributed by atoms with Crippen molar-refractivity contribution in [1.29, 1.82) is 0 Å². The van der Waals surface area contributed by atoms with Crippen molar-refractivity contribution in [3.05, 3.63) is 46.4 Å². The first-order valence-electron chi connectivity index (χ1n) is 5.83. The molecule has 4 nitrogen and oxygen atoms in total. The first-order valence-corrected chi connectivity index (χ1v) is 5.83. The Kier molecular flexibility index (Phi) is 3.58. The lowest BCUT2D eigenvalue weighted by atomic mass is 10.0. The first-order chi connectivity index (χ1) is 8.56. The fourth-order valence-corrected chi connectivity index (χ4v) is 1.99. The van der Waals surface area contributed by atoms with Gasteiger partial charge in [-0.25, -0.2) is 0 Å². The van der Waals surface area contributed by atoms with Gasteiger partial charge in [-0.05, 0) is 37.2 Å². The number of carbonyl (C=O) groups excluding carboxylic acids is 1. The fourth-order valence-electron chi connectivity index (χ4n) is 1.99. The number of likely N-dealkylation sites (N-methyl/N-ethyl adjacent to an activating group) is 1. The second kappa shape index (κ2) is 5.14. The Morgan fingerprint density at radius 1 is 1.28 bits per heavy atom. The quantitative estimate of drug-likeness (QED) is 0.879. The molecule has 1 heterocycles. The molecule has 18 heavy (non-hydrogen) atoms. The smallest absolute Gasteiger partial charge is 0.255 e. The predicted molar refractivity (Wildman–Crippen MR) is 71.8 cm³/mol. The van der Waals surface area contributed by atoms with Crippen LogP contribution in [0.3, 0.4) is 0 Å². The average Bonchev–Trinajstić information content (AvgIpc) is 2.27. The molecular formula is C14H16N2O2. The monoisotopic (exact) mass is 244 g/mol. The number of carbonyl (C=O) groups is 1. The number of ketones is 1. The van der Waals surface area contributed by atoms with Crippen molar-refractivity contribution >= 4 is 16.6 Å². The highest BCUT2D eigenvalue weighted by molar-refractivity contribution is 5.86. The Morgan fingerprint density at radius 2 is 2.06 bits per heavy atom. The molecule has 1 aromatic carbocycles. The van der Waals surface area contributed by atoms with E-state index >= 15 is 0 Å². The fraction of sp³-hybridized carbons (Fsp3) is 0.286. The van der Waals surface area contributed by atoms with Gasteiger partial charge in [0.15, 0.2) is 5.78 Å². The predicted octanol–water partition coefficient (Wildman–Crippen LogP) is 1.20. The van der Waals surface area contributed by atoms with Gasteiger partial charge in [0.05, 0.1) is 6.54 Å². The van der Waals surface area contributed by atoms with E-state index in [0.717, 1.165) is 10.9 Å². The van der Waals surface area contributed by atoms with Gasteiger partial charge in [-0.1, -0.05) is 12.1 Å².